The monoisotopic (exact) mass is 327 g/mol. The van der Waals surface area contributed by atoms with Crippen molar-refractivity contribution in [3.63, 3.8) is 0 Å². The van der Waals surface area contributed by atoms with Crippen molar-refractivity contribution in [3.8, 4) is 11.5 Å². The molecule has 0 aliphatic rings. The molecule has 3 nitrogen and oxygen atoms in total. The third-order valence-electron chi connectivity index (χ3n) is 3.85. The van der Waals surface area contributed by atoms with Gasteiger partial charge in [-0.05, 0) is 42.8 Å². The van der Waals surface area contributed by atoms with Crippen molar-refractivity contribution in [2.24, 2.45) is 0 Å². The Morgan fingerprint density at radius 3 is 2.40 bits per heavy atom. The van der Waals surface area contributed by atoms with Crippen LogP contribution in [0.5, 0.6) is 11.5 Å². The third-order valence-corrected chi connectivity index (χ3v) is 3.85. The smallest absolute Gasteiger partial charge is 0.220 e. The standard InChI is InChI=1S/C22H17NO2/c1-16-7-10-18(11-8-16)24-19-12-13-21-20(15-19)23-22(25-21)14-9-17-5-3-2-4-6-17/h2-15H,1H3/b14-9+. The minimum atomic E-state index is 0.575. The maximum absolute atomic E-state index is 5.88. The molecule has 0 radical (unpaired) electrons. The molecule has 0 N–H and O–H groups in total. The molecule has 25 heavy (non-hydrogen) atoms. The minimum Gasteiger partial charge on any atom is -0.457 e. The maximum atomic E-state index is 5.88. The van der Waals surface area contributed by atoms with Crippen LogP contribution in [0.15, 0.2) is 77.2 Å². The van der Waals surface area contributed by atoms with Gasteiger partial charge in [-0.2, -0.15) is 0 Å². The molecule has 0 unspecified atom stereocenters. The Labute approximate surface area is 146 Å². The number of ether oxygens (including phenoxy) is 1. The number of hydrogen-bond acceptors (Lipinski definition) is 3. The highest BCUT2D eigenvalue weighted by Crippen LogP contribution is 2.26. The lowest BCUT2D eigenvalue weighted by Gasteiger charge is -2.05. The fraction of sp³-hybridized carbons (Fsp3) is 0.0455. The number of nitrogens with zero attached hydrogens (tertiary/aromatic N) is 1. The average Bonchev–Trinajstić information content (AvgIpc) is 3.05. The first-order valence-corrected chi connectivity index (χ1v) is 8.14. The van der Waals surface area contributed by atoms with Crippen LogP contribution in [-0.2, 0) is 0 Å². The van der Waals surface area contributed by atoms with Gasteiger partial charge in [-0.1, -0.05) is 48.0 Å². The summed E-state index contributed by atoms with van der Waals surface area (Å²) in [4.78, 5) is 4.51. The van der Waals surface area contributed by atoms with E-state index in [2.05, 4.69) is 11.9 Å². The van der Waals surface area contributed by atoms with Gasteiger partial charge in [0.1, 0.15) is 17.0 Å². The van der Waals surface area contributed by atoms with Crippen LogP contribution in [0.2, 0.25) is 0 Å². The molecule has 4 aromatic rings. The molecule has 0 spiro atoms. The molecule has 0 amide bonds. The Kier molecular flexibility index (Phi) is 4.05. The van der Waals surface area contributed by atoms with E-state index in [1.807, 2.05) is 84.9 Å². The Bertz CT molecular complexity index is 1020. The summed E-state index contributed by atoms with van der Waals surface area (Å²) in [5.74, 6) is 2.12. The van der Waals surface area contributed by atoms with E-state index in [0.29, 0.717) is 5.89 Å². The molecule has 0 aliphatic carbocycles. The van der Waals surface area contributed by atoms with Crippen LogP contribution in [0.3, 0.4) is 0 Å². The number of fused-ring (bicyclic) bond motifs is 1. The van der Waals surface area contributed by atoms with E-state index in [0.717, 1.165) is 28.2 Å². The highest BCUT2D eigenvalue weighted by molar-refractivity contribution is 5.77. The fourth-order valence-corrected chi connectivity index (χ4v) is 2.53. The van der Waals surface area contributed by atoms with Gasteiger partial charge in [-0.25, -0.2) is 4.98 Å². The number of benzene rings is 3. The van der Waals surface area contributed by atoms with Crippen molar-refractivity contribution < 1.29 is 9.15 Å². The van der Waals surface area contributed by atoms with E-state index < -0.39 is 0 Å². The molecule has 3 aromatic carbocycles. The van der Waals surface area contributed by atoms with Gasteiger partial charge in [0.15, 0.2) is 5.58 Å². The number of aryl methyl sites for hydroxylation is 1. The zero-order chi connectivity index (χ0) is 17.1. The maximum Gasteiger partial charge on any atom is 0.220 e. The first-order chi connectivity index (χ1) is 12.3. The fourth-order valence-electron chi connectivity index (χ4n) is 2.53. The molecule has 4 rings (SSSR count). The van der Waals surface area contributed by atoms with Crippen LogP contribution in [0, 0.1) is 6.92 Å². The van der Waals surface area contributed by atoms with Gasteiger partial charge < -0.3 is 9.15 Å². The van der Waals surface area contributed by atoms with E-state index in [-0.39, 0.29) is 0 Å². The summed E-state index contributed by atoms with van der Waals surface area (Å²) < 4.78 is 11.6. The molecule has 0 aliphatic heterocycles. The van der Waals surface area contributed by atoms with Crippen LogP contribution in [0.1, 0.15) is 17.0 Å². The van der Waals surface area contributed by atoms with Crippen LogP contribution in [0.25, 0.3) is 23.3 Å². The molecule has 122 valence electrons. The number of aromatic nitrogens is 1. The second-order valence-electron chi connectivity index (χ2n) is 5.84. The number of oxazole rings is 1. The van der Waals surface area contributed by atoms with Crippen LogP contribution >= 0.6 is 0 Å². The second-order valence-corrected chi connectivity index (χ2v) is 5.84. The lowest BCUT2D eigenvalue weighted by atomic mass is 10.2. The molecule has 0 fully saturated rings. The van der Waals surface area contributed by atoms with Crippen molar-refractivity contribution in [3.05, 3.63) is 89.8 Å². The first kappa shape index (κ1) is 15.2. The highest BCUT2D eigenvalue weighted by Gasteiger charge is 2.06. The number of rotatable bonds is 4. The van der Waals surface area contributed by atoms with E-state index in [4.69, 9.17) is 9.15 Å². The van der Waals surface area contributed by atoms with Crippen molar-refractivity contribution in [2.45, 2.75) is 6.92 Å². The zero-order valence-corrected chi connectivity index (χ0v) is 13.8. The largest absolute Gasteiger partial charge is 0.457 e. The normalized spacial score (nSPS) is 11.2. The third kappa shape index (κ3) is 3.61. The molecule has 3 heteroatoms. The Morgan fingerprint density at radius 1 is 0.840 bits per heavy atom. The van der Waals surface area contributed by atoms with E-state index >= 15 is 0 Å². The lowest BCUT2D eigenvalue weighted by molar-refractivity contribution is 0.483. The van der Waals surface area contributed by atoms with Crippen molar-refractivity contribution in [2.75, 3.05) is 0 Å². The summed E-state index contributed by atoms with van der Waals surface area (Å²) in [5.41, 5.74) is 3.82. The van der Waals surface area contributed by atoms with Crippen molar-refractivity contribution in [1.29, 1.82) is 0 Å². The summed E-state index contributed by atoms with van der Waals surface area (Å²) in [7, 11) is 0. The quantitative estimate of drug-likeness (QED) is 0.454. The van der Waals surface area contributed by atoms with E-state index in [1.54, 1.807) is 0 Å². The van der Waals surface area contributed by atoms with E-state index in [9.17, 15) is 0 Å². The summed E-state index contributed by atoms with van der Waals surface area (Å²) in [6, 6.07) is 23.7. The highest BCUT2D eigenvalue weighted by atomic mass is 16.5. The van der Waals surface area contributed by atoms with Gasteiger partial charge in [-0.15, -0.1) is 0 Å². The van der Waals surface area contributed by atoms with Crippen molar-refractivity contribution >= 4 is 23.3 Å². The molecular weight excluding hydrogens is 310 g/mol. The SMILES string of the molecule is Cc1ccc(Oc2ccc3oc(/C=C/c4ccccc4)nc3c2)cc1. The van der Waals surface area contributed by atoms with Gasteiger partial charge in [0, 0.05) is 12.1 Å². The van der Waals surface area contributed by atoms with Gasteiger partial charge >= 0.3 is 0 Å². The predicted molar refractivity (Wildman–Crippen MR) is 101 cm³/mol. The van der Waals surface area contributed by atoms with Gasteiger partial charge in [0.2, 0.25) is 5.89 Å². The Hall–Kier alpha value is -3.33. The van der Waals surface area contributed by atoms with Gasteiger partial charge in [0.05, 0.1) is 0 Å². The Balaban J connectivity index is 1.56. The lowest BCUT2D eigenvalue weighted by Crippen LogP contribution is -1.84. The summed E-state index contributed by atoms with van der Waals surface area (Å²) in [6.45, 7) is 2.05. The Morgan fingerprint density at radius 2 is 1.60 bits per heavy atom. The molecule has 1 aromatic heterocycles. The number of hydrogen-bond donors (Lipinski definition) is 0. The topological polar surface area (TPSA) is 35.3 Å². The molecule has 0 bridgehead atoms. The summed E-state index contributed by atoms with van der Waals surface area (Å²) in [5, 5.41) is 0. The molecule has 0 saturated heterocycles. The summed E-state index contributed by atoms with van der Waals surface area (Å²) >= 11 is 0. The predicted octanol–water partition coefficient (Wildman–Crippen LogP) is 6.10. The molecular formula is C22H17NO2. The van der Waals surface area contributed by atoms with Crippen LogP contribution < -0.4 is 4.74 Å². The van der Waals surface area contributed by atoms with Crippen molar-refractivity contribution in [1.82, 2.24) is 4.98 Å². The van der Waals surface area contributed by atoms with Crippen LogP contribution in [-0.4, -0.2) is 4.98 Å². The van der Waals surface area contributed by atoms with E-state index in [1.165, 1.54) is 5.56 Å². The van der Waals surface area contributed by atoms with Crippen LogP contribution in [0.4, 0.5) is 0 Å². The average molecular weight is 327 g/mol. The molecule has 1 heterocycles. The molecule has 0 atom stereocenters. The van der Waals surface area contributed by atoms with Gasteiger partial charge in [0.25, 0.3) is 0 Å². The minimum absolute atomic E-state index is 0.575. The second kappa shape index (κ2) is 6.65. The molecule has 0 saturated carbocycles. The summed E-state index contributed by atoms with van der Waals surface area (Å²) in [6.07, 6.45) is 3.85. The zero-order valence-electron chi connectivity index (χ0n) is 13.8. The first-order valence-electron chi connectivity index (χ1n) is 8.14. The van der Waals surface area contributed by atoms with Gasteiger partial charge in [-0.3, -0.25) is 0 Å².